The number of β-amino-alcohol motifs (C(OH)–C–C–N with tert-alkyl or cyclic N) is 1. The van der Waals surface area contributed by atoms with E-state index in [0.717, 1.165) is 18.2 Å². The topological polar surface area (TPSA) is 63.4 Å². The first-order valence-electron chi connectivity index (χ1n) is 7.41. The van der Waals surface area contributed by atoms with E-state index in [1.54, 1.807) is 11.0 Å². The zero-order chi connectivity index (χ0) is 16.2. The summed E-state index contributed by atoms with van der Waals surface area (Å²) in [7, 11) is 0. The van der Waals surface area contributed by atoms with Crippen LogP contribution in [0, 0.1) is 11.6 Å². The second-order valence-electron chi connectivity index (χ2n) is 5.55. The average Bonchev–Trinajstić information content (AvgIpc) is 3.03. The Morgan fingerprint density at radius 3 is 3.04 bits per heavy atom. The van der Waals surface area contributed by atoms with Crippen LogP contribution in [-0.4, -0.2) is 57.1 Å². The standard InChI is InChI=1S/C15H18F2N4O2/c16-11-1-2-14(17)13(5-11)15(22)8-20-3-4-23-12(6-20)7-21-10-18-9-19-21/h1-2,5,9-10,12,15,22H,3-4,6-8H2. The molecule has 1 aliphatic rings. The van der Waals surface area contributed by atoms with Crippen molar-refractivity contribution in [3.05, 3.63) is 48.1 Å². The summed E-state index contributed by atoms with van der Waals surface area (Å²) in [5, 5.41) is 14.2. The van der Waals surface area contributed by atoms with Crippen molar-refractivity contribution in [3.63, 3.8) is 0 Å². The second-order valence-corrected chi connectivity index (χ2v) is 5.55. The van der Waals surface area contributed by atoms with Gasteiger partial charge in [0.15, 0.2) is 0 Å². The molecule has 2 unspecified atom stereocenters. The highest BCUT2D eigenvalue weighted by atomic mass is 19.1. The molecule has 2 aromatic rings. The Bertz CT molecular complexity index is 638. The zero-order valence-corrected chi connectivity index (χ0v) is 12.5. The first-order chi connectivity index (χ1) is 11.1. The Kier molecular flexibility index (Phi) is 4.94. The molecule has 124 valence electrons. The molecule has 2 heterocycles. The van der Waals surface area contributed by atoms with Gasteiger partial charge in [-0.3, -0.25) is 9.58 Å². The van der Waals surface area contributed by atoms with Crippen LogP contribution >= 0.6 is 0 Å². The van der Waals surface area contributed by atoms with Crippen LogP contribution in [0.25, 0.3) is 0 Å². The molecule has 0 bridgehead atoms. The largest absolute Gasteiger partial charge is 0.387 e. The van der Waals surface area contributed by atoms with Crippen LogP contribution < -0.4 is 0 Å². The van der Waals surface area contributed by atoms with E-state index in [1.807, 2.05) is 4.90 Å². The summed E-state index contributed by atoms with van der Waals surface area (Å²) in [5.74, 6) is -1.17. The van der Waals surface area contributed by atoms with Crippen LogP contribution in [0.4, 0.5) is 8.78 Å². The van der Waals surface area contributed by atoms with Crippen molar-refractivity contribution in [2.75, 3.05) is 26.2 Å². The van der Waals surface area contributed by atoms with Gasteiger partial charge in [-0.25, -0.2) is 13.8 Å². The maximum atomic E-state index is 13.7. The van der Waals surface area contributed by atoms with Gasteiger partial charge in [-0.05, 0) is 18.2 Å². The van der Waals surface area contributed by atoms with Gasteiger partial charge in [-0.2, -0.15) is 5.10 Å². The number of aliphatic hydroxyl groups excluding tert-OH is 1. The number of ether oxygens (including phenoxy) is 1. The molecule has 1 fully saturated rings. The predicted octanol–water partition coefficient (Wildman–Crippen LogP) is 0.991. The molecule has 1 aliphatic heterocycles. The zero-order valence-electron chi connectivity index (χ0n) is 12.5. The molecule has 6 nitrogen and oxygen atoms in total. The lowest BCUT2D eigenvalue weighted by Gasteiger charge is -2.34. The monoisotopic (exact) mass is 324 g/mol. The molecule has 0 spiro atoms. The molecule has 0 saturated carbocycles. The molecule has 3 rings (SSSR count). The molecule has 1 aromatic carbocycles. The van der Waals surface area contributed by atoms with Crippen LogP contribution in [0.15, 0.2) is 30.9 Å². The molecular weight excluding hydrogens is 306 g/mol. The third-order valence-corrected chi connectivity index (χ3v) is 3.83. The second kappa shape index (κ2) is 7.12. The number of halogens is 2. The van der Waals surface area contributed by atoms with Gasteiger partial charge in [0.1, 0.15) is 24.3 Å². The number of hydrogen-bond donors (Lipinski definition) is 1. The summed E-state index contributed by atoms with van der Waals surface area (Å²) in [6.07, 6.45) is 1.89. The van der Waals surface area contributed by atoms with Crippen LogP contribution in [0.2, 0.25) is 0 Å². The van der Waals surface area contributed by atoms with Crippen LogP contribution in [0.1, 0.15) is 11.7 Å². The fraction of sp³-hybridized carbons (Fsp3) is 0.467. The van der Waals surface area contributed by atoms with E-state index in [4.69, 9.17) is 4.74 Å². The fourth-order valence-corrected chi connectivity index (χ4v) is 2.71. The number of morpholine rings is 1. The Hall–Kier alpha value is -1.90. The molecule has 1 saturated heterocycles. The predicted molar refractivity (Wildman–Crippen MR) is 77.5 cm³/mol. The van der Waals surface area contributed by atoms with Crippen LogP contribution in [0.5, 0.6) is 0 Å². The van der Waals surface area contributed by atoms with Crippen molar-refractivity contribution in [2.45, 2.75) is 18.8 Å². The number of benzene rings is 1. The summed E-state index contributed by atoms with van der Waals surface area (Å²) in [5.41, 5.74) is -0.0238. The first-order valence-corrected chi connectivity index (χ1v) is 7.41. The lowest BCUT2D eigenvalue weighted by Crippen LogP contribution is -2.45. The molecule has 1 N–H and O–H groups in total. The number of aromatic nitrogens is 3. The van der Waals surface area contributed by atoms with Gasteiger partial charge in [0.2, 0.25) is 0 Å². The molecule has 8 heteroatoms. The summed E-state index contributed by atoms with van der Waals surface area (Å²) in [4.78, 5) is 5.85. The highest BCUT2D eigenvalue weighted by molar-refractivity contribution is 5.21. The van der Waals surface area contributed by atoms with Crippen molar-refractivity contribution in [1.82, 2.24) is 19.7 Å². The van der Waals surface area contributed by atoms with Gasteiger partial charge in [-0.1, -0.05) is 0 Å². The van der Waals surface area contributed by atoms with Crippen molar-refractivity contribution in [3.8, 4) is 0 Å². The van der Waals surface area contributed by atoms with E-state index in [0.29, 0.717) is 26.2 Å². The van der Waals surface area contributed by atoms with Crippen molar-refractivity contribution in [2.24, 2.45) is 0 Å². The Morgan fingerprint density at radius 2 is 2.26 bits per heavy atom. The van der Waals surface area contributed by atoms with E-state index >= 15 is 0 Å². The summed E-state index contributed by atoms with van der Waals surface area (Å²) in [6.45, 7) is 2.49. The average molecular weight is 324 g/mol. The van der Waals surface area contributed by atoms with Gasteiger partial charge in [-0.15, -0.1) is 0 Å². The Morgan fingerprint density at radius 1 is 1.39 bits per heavy atom. The summed E-state index contributed by atoms with van der Waals surface area (Å²) >= 11 is 0. The molecule has 1 aromatic heterocycles. The van der Waals surface area contributed by atoms with Gasteiger partial charge in [0.25, 0.3) is 0 Å². The van der Waals surface area contributed by atoms with Gasteiger partial charge >= 0.3 is 0 Å². The van der Waals surface area contributed by atoms with Crippen LogP contribution in [0.3, 0.4) is 0 Å². The highest BCUT2D eigenvalue weighted by Crippen LogP contribution is 2.20. The van der Waals surface area contributed by atoms with Crippen molar-refractivity contribution >= 4 is 0 Å². The minimum absolute atomic E-state index is 0.0238. The van der Waals surface area contributed by atoms with E-state index in [-0.39, 0.29) is 18.2 Å². The lowest BCUT2D eigenvalue weighted by atomic mass is 10.1. The SMILES string of the molecule is OC(CN1CCOC(Cn2cncn2)C1)c1cc(F)ccc1F. The van der Waals surface area contributed by atoms with E-state index in [1.165, 1.54) is 6.33 Å². The molecule has 2 atom stereocenters. The van der Waals surface area contributed by atoms with Crippen molar-refractivity contribution < 1.29 is 18.6 Å². The van der Waals surface area contributed by atoms with E-state index in [2.05, 4.69) is 10.1 Å². The number of rotatable bonds is 5. The number of aliphatic hydroxyl groups is 1. The molecule has 0 aliphatic carbocycles. The minimum atomic E-state index is -1.09. The molecule has 0 radical (unpaired) electrons. The summed E-state index contributed by atoms with van der Waals surface area (Å²) in [6, 6.07) is 3.10. The molecule has 23 heavy (non-hydrogen) atoms. The van der Waals surface area contributed by atoms with Gasteiger partial charge in [0.05, 0.1) is 25.4 Å². The van der Waals surface area contributed by atoms with Crippen LogP contribution in [-0.2, 0) is 11.3 Å². The highest BCUT2D eigenvalue weighted by Gasteiger charge is 2.24. The maximum absolute atomic E-state index is 13.7. The van der Waals surface area contributed by atoms with Gasteiger partial charge < -0.3 is 9.84 Å². The molecular formula is C15H18F2N4O2. The van der Waals surface area contributed by atoms with Crippen molar-refractivity contribution in [1.29, 1.82) is 0 Å². The fourth-order valence-electron chi connectivity index (χ4n) is 2.71. The minimum Gasteiger partial charge on any atom is -0.387 e. The summed E-state index contributed by atoms with van der Waals surface area (Å²) < 4.78 is 34.3. The third kappa shape index (κ3) is 4.10. The van der Waals surface area contributed by atoms with E-state index < -0.39 is 17.7 Å². The number of nitrogens with zero attached hydrogens (tertiary/aromatic N) is 4. The lowest BCUT2D eigenvalue weighted by molar-refractivity contribution is -0.0489. The number of hydrogen-bond acceptors (Lipinski definition) is 5. The van der Waals surface area contributed by atoms with Gasteiger partial charge in [0, 0.05) is 25.2 Å². The molecule has 0 amide bonds. The third-order valence-electron chi connectivity index (χ3n) is 3.83. The first kappa shape index (κ1) is 16.0. The maximum Gasteiger partial charge on any atom is 0.137 e. The Labute approximate surface area is 132 Å². The normalized spacial score (nSPS) is 20.6. The van der Waals surface area contributed by atoms with E-state index in [9.17, 15) is 13.9 Å². The smallest absolute Gasteiger partial charge is 0.137 e. The Balaban J connectivity index is 1.59. The quantitative estimate of drug-likeness (QED) is 0.889.